The number of carboxylic acids is 1. The first-order valence-corrected chi connectivity index (χ1v) is 12.7. The number of ether oxygens (including phenoxy) is 1. The lowest BCUT2D eigenvalue weighted by atomic mass is 10.1. The molecule has 1 amide bonds. The predicted octanol–water partition coefficient (Wildman–Crippen LogP) is 7.55. The molecule has 0 radical (unpaired) electrons. The van der Waals surface area contributed by atoms with Crippen LogP contribution in [0.5, 0.6) is 5.75 Å². The summed E-state index contributed by atoms with van der Waals surface area (Å²) in [6, 6.07) is 16.5. The molecule has 0 saturated carbocycles. The maximum absolute atomic E-state index is 13.1. The number of carbonyl (C=O) groups is 2. The van der Waals surface area contributed by atoms with Gasteiger partial charge in [0.1, 0.15) is 12.4 Å². The van der Waals surface area contributed by atoms with Gasteiger partial charge >= 0.3 is 5.97 Å². The van der Waals surface area contributed by atoms with Crippen LogP contribution in [0.2, 0.25) is 15.1 Å². The number of nitrogens with zero attached hydrogens (tertiary/aromatic N) is 2. The van der Waals surface area contributed by atoms with Crippen LogP contribution >= 0.6 is 46.6 Å². The molecule has 10 heteroatoms. The van der Waals surface area contributed by atoms with Crippen LogP contribution in [0, 0.1) is 0 Å². The number of aliphatic imine (C=N–C) groups is 1. The van der Waals surface area contributed by atoms with Crippen molar-refractivity contribution in [1.82, 2.24) is 4.90 Å². The van der Waals surface area contributed by atoms with Crippen LogP contribution in [0.4, 0.5) is 5.69 Å². The number of hydrogen-bond acceptors (Lipinski definition) is 5. The summed E-state index contributed by atoms with van der Waals surface area (Å²) in [5.74, 6) is -0.683. The zero-order valence-electron chi connectivity index (χ0n) is 18.9. The average molecular weight is 562 g/mol. The van der Waals surface area contributed by atoms with Gasteiger partial charge in [-0.05, 0) is 79.4 Å². The van der Waals surface area contributed by atoms with E-state index in [0.29, 0.717) is 48.7 Å². The van der Waals surface area contributed by atoms with Crippen LogP contribution in [0.15, 0.2) is 70.6 Å². The summed E-state index contributed by atoms with van der Waals surface area (Å²) in [5, 5.41) is 11.1. The Morgan fingerprint density at radius 2 is 1.75 bits per heavy atom. The lowest BCUT2D eigenvalue weighted by molar-refractivity contribution is -0.122. The van der Waals surface area contributed by atoms with Gasteiger partial charge < -0.3 is 9.84 Å². The van der Waals surface area contributed by atoms with Crippen molar-refractivity contribution in [3.63, 3.8) is 0 Å². The number of halogens is 3. The van der Waals surface area contributed by atoms with Crippen molar-refractivity contribution >= 4 is 75.4 Å². The summed E-state index contributed by atoms with van der Waals surface area (Å²) in [6.45, 7) is 2.48. The smallest absolute Gasteiger partial charge is 0.335 e. The minimum absolute atomic E-state index is 0.162. The quantitative estimate of drug-likeness (QED) is 0.301. The standard InChI is InChI=1S/C26H19Cl3N2O4S/c1-2-31-24(32)23(36-26(31)30-20-8-4-15(5-9-20)25(33)34)12-17-11-18(27)7-10-22(17)35-14-16-3-6-19(28)13-21(16)29/h3-13H,2,14H2,1H3,(H,33,34)/b23-12+,30-26?. The van der Waals surface area contributed by atoms with Crippen molar-refractivity contribution in [3.8, 4) is 5.75 Å². The SMILES string of the molecule is CCN1C(=O)/C(=C\c2cc(Cl)ccc2OCc2ccc(Cl)cc2Cl)SC1=Nc1ccc(C(=O)O)cc1. The predicted molar refractivity (Wildman–Crippen MR) is 146 cm³/mol. The third-order valence-electron chi connectivity index (χ3n) is 5.20. The summed E-state index contributed by atoms with van der Waals surface area (Å²) >= 11 is 19.7. The highest BCUT2D eigenvalue weighted by atomic mass is 35.5. The molecule has 3 aromatic carbocycles. The molecular formula is C26H19Cl3N2O4S. The fourth-order valence-corrected chi connectivity index (χ4v) is 5.06. The summed E-state index contributed by atoms with van der Waals surface area (Å²) < 4.78 is 6.01. The molecule has 4 rings (SSSR count). The molecule has 184 valence electrons. The van der Waals surface area contributed by atoms with Crippen molar-refractivity contribution in [1.29, 1.82) is 0 Å². The normalized spacial score (nSPS) is 15.7. The Morgan fingerprint density at radius 1 is 1.06 bits per heavy atom. The summed E-state index contributed by atoms with van der Waals surface area (Å²) in [5.41, 5.74) is 2.10. The number of amidine groups is 1. The fourth-order valence-electron chi connectivity index (χ4n) is 3.36. The van der Waals surface area contributed by atoms with Crippen LogP contribution in [0.3, 0.4) is 0 Å². The van der Waals surface area contributed by atoms with Gasteiger partial charge in [0.2, 0.25) is 0 Å². The Morgan fingerprint density at radius 3 is 2.42 bits per heavy atom. The molecule has 1 aliphatic rings. The van der Waals surface area contributed by atoms with Crippen LogP contribution in [0.1, 0.15) is 28.4 Å². The molecule has 6 nitrogen and oxygen atoms in total. The molecule has 3 aromatic rings. The Hall–Kier alpha value is -2.97. The lowest BCUT2D eigenvalue weighted by Crippen LogP contribution is -2.28. The van der Waals surface area contributed by atoms with E-state index < -0.39 is 5.97 Å². The minimum Gasteiger partial charge on any atom is -0.488 e. The second-order valence-electron chi connectivity index (χ2n) is 7.61. The number of carboxylic acid groups (broad SMARTS) is 1. The minimum atomic E-state index is -1.02. The highest BCUT2D eigenvalue weighted by Crippen LogP contribution is 2.36. The maximum Gasteiger partial charge on any atom is 0.335 e. The van der Waals surface area contributed by atoms with E-state index in [1.54, 1.807) is 59.5 Å². The molecular weight excluding hydrogens is 543 g/mol. The first-order valence-electron chi connectivity index (χ1n) is 10.7. The second-order valence-corrected chi connectivity index (χ2v) is 9.90. The number of thioether (sulfide) groups is 1. The van der Waals surface area contributed by atoms with Crippen LogP contribution in [-0.4, -0.2) is 33.6 Å². The molecule has 1 saturated heterocycles. The van der Waals surface area contributed by atoms with Crippen LogP contribution < -0.4 is 4.74 Å². The van der Waals surface area contributed by atoms with Gasteiger partial charge in [0, 0.05) is 32.7 Å². The molecule has 36 heavy (non-hydrogen) atoms. The number of hydrogen-bond donors (Lipinski definition) is 1. The number of benzene rings is 3. The molecule has 0 aromatic heterocycles. The van der Waals surface area contributed by atoms with E-state index in [1.807, 2.05) is 6.92 Å². The van der Waals surface area contributed by atoms with Gasteiger partial charge in [-0.3, -0.25) is 9.69 Å². The first kappa shape index (κ1) is 26.1. The highest BCUT2D eigenvalue weighted by molar-refractivity contribution is 8.18. The van der Waals surface area contributed by atoms with Crippen LogP contribution in [-0.2, 0) is 11.4 Å². The van der Waals surface area contributed by atoms with Gasteiger partial charge in [0.15, 0.2) is 5.17 Å². The zero-order valence-corrected chi connectivity index (χ0v) is 22.0. The first-order chi connectivity index (χ1) is 17.2. The third kappa shape index (κ3) is 6.05. The lowest BCUT2D eigenvalue weighted by Gasteiger charge is -2.12. The molecule has 1 heterocycles. The Labute approximate surface area is 227 Å². The van der Waals surface area contributed by atoms with Crippen molar-refractivity contribution in [3.05, 3.63) is 97.3 Å². The van der Waals surface area contributed by atoms with Gasteiger partial charge in [-0.25, -0.2) is 9.79 Å². The third-order valence-corrected chi connectivity index (χ3v) is 7.03. The van der Waals surface area contributed by atoms with Gasteiger partial charge in [-0.15, -0.1) is 0 Å². The zero-order chi connectivity index (χ0) is 25.8. The summed E-state index contributed by atoms with van der Waals surface area (Å²) in [7, 11) is 0. The van der Waals surface area contributed by atoms with E-state index in [2.05, 4.69) is 4.99 Å². The van der Waals surface area contributed by atoms with E-state index in [9.17, 15) is 9.59 Å². The fraction of sp³-hybridized carbons (Fsp3) is 0.115. The Bertz CT molecular complexity index is 1390. The van der Waals surface area contributed by atoms with E-state index in [4.69, 9.17) is 44.6 Å². The average Bonchev–Trinajstić information content (AvgIpc) is 3.13. The second kappa shape index (κ2) is 11.4. The Kier molecular flexibility index (Phi) is 8.26. The summed E-state index contributed by atoms with van der Waals surface area (Å²) in [4.78, 5) is 30.8. The van der Waals surface area contributed by atoms with Crippen molar-refractivity contribution < 1.29 is 19.4 Å². The van der Waals surface area contributed by atoms with E-state index in [-0.39, 0.29) is 18.1 Å². The molecule has 0 spiro atoms. The number of carbonyl (C=O) groups excluding carboxylic acids is 1. The topological polar surface area (TPSA) is 79.2 Å². The molecule has 0 aliphatic carbocycles. The van der Waals surface area contributed by atoms with Crippen molar-refractivity contribution in [2.45, 2.75) is 13.5 Å². The van der Waals surface area contributed by atoms with E-state index in [1.165, 1.54) is 23.9 Å². The molecule has 0 unspecified atom stereocenters. The highest BCUT2D eigenvalue weighted by Gasteiger charge is 2.32. The Balaban J connectivity index is 1.61. The molecule has 1 aliphatic heterocycles. The van der Waals surface area contributed by atoms with Gasteiger partial charge in [-0.1, -0.05) is 40.9 Å². The molecule has 1 N–H and O–H groups in total. The van der Waals surface area contributed by atoms with Gasteiger partial charge in [0.25, 0.3) is 5.91 Å². The number of likely N-dealkylation sites (N-methyl/N-ethyl adjacent to an activating group) is 1. The number of rotatable bonds is 7. The molecule has 1 fully saturated rings. The summed E-state index contributed by atoms with van der Waals surface area (Å²) in [6.07, 6.45) is 1.72. The molecule has 0 bridgehead atoms. The van der Waals surface area contributed by atoms with E-state index in [0.717, 1.165) is 5.56 Å². The largest absolute Gasteiger partial charge is 0.488 e. The monoisotopic (exact) mass is 560 g/mol. The van der Waals surface area contributed by atoms with E-state index >= 15 is 0 Å². The van der Waals surface area contributed by atoms with Crippen LogP contribution in [0.25, 0.3) is 6.08 Å². The van der Waals surface area contributed by atoms with Crippen molar-refractivity contribution in [2.75, 3.05) is 6.54 Å². The number of amides is 1. The van der Waals surface area contributed by atoms with Crippen molar-refractivity contribution in [2.24, 2.45) is 4.99 Å². The van der Waals surface area contributed by atoms with Gasteiger partial charge in [0.05, 0.1) is 16.2 Å². The maximum atomic E-state index is 13.1. The number of aromatic carboxylic acids is 1. The molecule has 0 atom stereocenters. The van der Waals surface area contributed by atoms with Gasteiger partial charge in [-0.2, -0.15) is 0 Å².